The third-order valence-corrected chi connectivity index (χ3v) is 6.60. The molecule has 2 aromatic rings. The molecule has 28 heavy (non-hydrogen) atoms. The Labute approximate surface area is 168 Å². The van der Waals surface area contributed by atoms with Gasteiger partial charge in [-0.15, -0.1) is 11.3 Å². The summed E-state index contributed by atoms with van der Waals surface area (Å²) >= 11 is 1.24. The Kier molecular flexibility index (Phi) is 8.10. The summed E-state index contributed by atoms with van der Waals surface area (Å²) in [5, 5.41) is 13.8. The van der Waals surface area contributed by atoms with Crippen molar-refractivity contribution in [1.82, 2.24) is 4.31 Å². The molecule has 0 atom stereocenters. The maximum absolute atomic E-state index is 12.8. The largest absolute Gasteiger partial charge is 0.383 e. The summed E-state index contributed by atoms with van der Waals surface area (Å²) in [6.07, 6.45) is 0. The zero-order valence-corrected chi connectivity index (χ0v) is 17.2. The molecule has 8 nitrogen and oxygen atoms in total. The van der Waals surface area contributed by atoms with E-state index in [1.807, 2.05) is 6.07 Å². The van der Waals surface area contributed by atoms with Crippen molar-refractivity contribution < 1.29 is 22.7 Å². The molecule has 0 saturated heterocycles. The fourth-order valence-electron chi connectivity index (χ4n) is 2.34. The van der Waals surface area contributed by atoms with Crippen LogP contribution in [0.2, 0.25) is 0 Å². The molecule has 1 heterocycles. The van der Waals surface area contributed by atoms with Gasteiger partial charge in [0.1, 0.15) is 11.1 Å². The van der Waals surface area contributed by atoms with E-state index in [0.717, 1.165) is 0 Å². The van der Waals surface area contributed by atoms with Crippen molar-refractivity contribution >= 4 is 32.3 Å². The number of rotatable bonds is 10. The van der Waals surface area contributed by atoms with Crippen LogP contribution in [0.1, 0.15) is 15.9 Å². The van der Waals surface area contributed by atoms with E-state index < -0.39 is 15.9 Å². The zero-order chi connectivity index (χ0) is 20.6. The average molecular weight is 424 g/mol. The van der Waals surface area contributed by atoms with Gasteiger partial charge < -0.3 is 14.8 Å². The molecule has 0 saturated carbocycles. The van der Waals surface area contributed by atoms with E-state index in [4.69, 9.17) is 14.7 Å². The Morgan fingerprint density at radius 1 is 1.14 bits per heavy atom. The number of carbonyl (C=O) groups is 1. The first-order chi connectivity index (χ1) is 13.4. The summed E-state index contributed by atoms with van der Waals surface area (Å²) < 4.78 is 36.9. The van der Waals surface area contributed by atoms with Crippen molar-refractivity contribution in [3.63, 3.8) is 0 Å². The first kappa shape index (κ1) is 22.0. The molecule has 0 aliphatic heterocycles. The van der Waals surface area contributed by atoms with E-state index in [9.17, 15) is 13.2 Å². The van der Waals surface area contributed by atoms with Crippen molar-refractivity contribution in [2.75, 3.05) is 45.8 Å². The van der Waals surface area contributed by atoms with Crippen LogP contribution in [0.4, 0.5) is 5.00 Å². The molecule has 0 bridgehead atoms. The molecule has 0 aliphatic rings. The summed E-state index contributed by atoms with van der Waals surface area (Å²) in [5.41, 5.74) is 0.668. The predicted octanol–water partition coefficient (Wildman–Crippen LogP) is 2.16. The lowest BCUT2D eigenvalue weighted by Crippen LogP contribution is -2.36. The van der Waals surface area contributed by atoms with Crippen molar-refractivity contribution in [2.45, 2.75) is 4.90 Å². The van der Waals surface area contributed by atoms with Crippen LogP contribution in [0.5, 0.6) is 0 Å². The summed E-state index contributed by atoms with van der Waals surface area (Å²) in [4.78, 5) is 12.4. The number of sulfonamides is 1. The van der Waals surface area contributed by atoms with Crippen LogP contribution in [-0.4, -0.2) is 59.2 Å². The van der Waals surface area contributed by atoms with Crippen molar-refractivity contribution in [3.05, 3.63) is 46.8 Å². The number of hydrogen-bond acceptors (Lipinski definition) is 7. The highest BCUT2D eigenvalue weighted by Gasteiger charge is 2.24. The topological polar surface area (TPSA) is 109 Å². The van der Waals surface area contributed by atoms with Crippen LogP contribution in [0.3, 0.4) is 0 Å². The molecule has 2 rings (SSSR count). The quantitative estimate of drug-likeness (QED) is 0.627. The summed E-state index contributed by atoms with van der Waals surface area (Å²) in [5.74, 6) is -0.418. The molecule has 0 aliphatic carbocycles. The summed E-state index contributed by atoms with van der Waals surface area (Å²) in [6.45, 7) is 0.899. The Hall–Kier alpha value is -2.29. The second kappa shape index (κ2) is 10.3. The van der Waals surface area contributed by atoms with Gasteiger partial charge in [-0.2, -0.15) is 9.57 Å². The fraction of sp³-hybridized carbons (Fsp3) is 0.333. The Morgan fingerprint density at radius 3 is 2.29 bits per heavy atom. The van der Waals surface area contributed by atoms with Gasteiger partial charge in [0.2, 0.25) is 10.0 Å². The zero-order valence-electron chi connectivity index (χ0n) is 15.5. The van der Waals surface area contributed by atoms with Gasteiger partial charge in [0, 0.05) is 32.9 Å². The lowest BCUT2D eigenvalue weighted by molar-refractivity contribution is 0.102. The number of nitrogens with one attached hydrogen (secondary N) is 1. The van der Waals surface area contributed by atoms with Gasteiger partial charge in [0.25, 0.3) is 5.91 Å². The number of benzene rings is 1. The number of nitrogens with zero attached hydrogens (tertiary/aromatic N) is 2. The number of nitriles is 1. The minimum absolute atomic E-state index is 0.0742. The Bertz CT molecular complexity index is 925. The van der Waals surface area contributed by atoms with Crippen LogP contribution >= 0.6 is 11.3 Å². The van der Waals surface area contributed by atoms with Gasteiger partial charge in [-0.3, -0.25) is 4.79 Å². The van der Waals surface area contributed by atoms with E-state index in [-0.39, 0.29) is 36.8 Å². The molecule has 0 fully saturated rings. The van der Waals surface area contributed by atoms with Gasteiger partial charge in [-0.05, 0) is 35.7 Å². The molecular formula is C18H21N3O5S2. The molecule has 1 amide bonds. The van der Waals surface area contributed by atoms with E-state index in [0.29, 0.717) is 10.6 Å². The van der Waals surface area contributed by atoms with Crippen molar-refractivity contribution in [3.8, 4) is 6.07 Å². The SMILES string of the molecule is COCCN(CCOC)S(=O)(=O)c1ccc(C(=O)Nc2sccc2C#N)cc1. The standard InChI is InChI=1S/C18H21N3O5S2/c1-25-10-8-21(9-11-26-2)28(23,24)16-5-3-14(4-6-16)17(22)20-18-15(13-19)7-12-27-18/h3-7,12H,8-11H2,1-2H3,(H,20,22). The van der Waals surface area contributed by atoms with Gasteiger partial charge >= 0.3 is 0 Å². The van der Waals surface area contributed by atoms with Gasteiger partial charge in [-0.1, -0.05) is 0 Å². The average Bonchev–Trinajstić information content (AvgIpc) is 3.15. The first-order valence-corrected chi connectivity index (χ1v) is 10.6. The molecule has 10 heteroatoms. The van der Waals surface area contributed by atoms with Crippen LogP contribution in [0.15, 0.2) is 40.6 Å². The third-order valence-electron chi connectivity index (χ3n) is 3.86. The number of amides is 1. The third kappa shape index (κ3) is 5.37. The number of hydrogen-bond donors (Lipinski definition) is 1. The molecule has 1 N–H and O–H groups in total. The van der Waals surface area contributed by atoms with Crippen LogP contribution in [-0.2, 0) is 19.5 Å². The number of methoxy groups -OCH3 is 2. The van der Waals surface area contributed by atoms with Crippen LogP contribution < -0.4 is 5.32 Å². The minimum Gasteiger partial charge on any atom is -0.383 e. The second-order valence-electron chi connectivity index (χ2n) is 5.64. The van der Waals surface area contributed by atoms with Crippen molar-refractivity contribution in [1.29, 1.82) is 5.26 Å². The maximum atomic E-state index is 12.8. The number of carbonyl (C=O) groups excluding carboxylic acids is 1. The Balaban J connectivity index is 2.17. The fourth-order valence-corrected chi connectivity index (χ4v) is 4.48. The summed E-state index contributed by atoms with van der Waals surface area (Å²) in [6, 6.07) is 9.26. The molecule has 0 spiro atoms. The maximum Gasteiger partial charge on any atom is 0.256 e. The smallest absolute Gasteiger partial charge is 0.256 e. The molecule has 1 aromatic heterocycles. The van der Waals surface area contributed by atoms with Crippen molar-refractivity contribution in [2.24, 2.45) is 0 Å². The molecule has 150 valence electrons. The number of anilines is 1. The van der Waals surface area contributed by atoms with E-state index in [1.165, 1.54) is 54.1 Å². The molecule has 0 radical (unpaired) electrons. The number of ether oxygens (including phenoxy) is 2. The van der Waals surface area contributed by atoms with Crippen LogP contribution in [0.25, 0.3) is 0 Å². The molecular weight excluding hydrogens is 402 g/mol. The predicted molar refractivity (Wildman–Crippen MR) is 106 cm³/mol. The van der Waals surface area contributed by atoms with Gasteiger partial charge in [0.05, 0.1) is 23.7 Å². The van der Waals surface area contributed by atoms with E-state index in [2.05, 4.69) is 5.32 Å². The molecule has 0 unspecified atom stereocenters. The summed E-state index contributed by atoms with van der Waals surface area (Å²) in [7, 11) is -0.748. The highest BCUT2D eigenvalue weighted by atomic mass is 32.2. The molecule has 1 aromatic carbocycles. The lowest BCUT2D eigenvalue weighted by Gasteiger charge is -2.21. The van der Waals surface area contributed by atoms with E-state index in [1.54, 1.807) is 11.4 Å². The first-order valence-electron chi connectivity index (χ1n) is 8.31. The lowest BCUT2D eigenvalue weighted by atomic mass is 10.2. The number of thiophene rings is 1. The minimum atomic E-state index is -3.75. The second-order valence-corrected chi connectivity index (χ2v) is 8.50. The Morgan fingerprint density at radius 2 is 1.75 bits per heavy atom. The highest BCUT2D eigenvalue weighted by Crippen LogP contribution is 2.23. The highest BCUT2D eigenvalue weighted by molar-refractivity contribution is 7.89. The van der Waals surface area contributed by atoms with Gasteiger partial charge in [-0.25, -0.2) is 8.42 Å². The van der Waals surface area contributed by atoms with E-state index >= 15 is 0 Å². The normalized spacial score (nSPS) is 11.4. The van der Waals surface area contributed by atoms with Crippen LogP contribution in [0, 0.1) is 11.3 Å². The monoisotopic (exact) mass is 423 g/mol. The van der Waals surface area contributed by atoms with Gasteiger partial charge in [0.15, 0.2) is 0 Å².